The maximum absolute atomic E-state index is 12.3. The highest BCUT2D eigenvalue weighted by Gasteiger charge is 2.21. The quantitative estimate of drug-likeness (QED) is 0.751. The van der Waals surface area contributed by atoms with E-state index in [1.54, 1.807) is 42.5 Å². The van der Waals surface area contributed by atoms with Crippen molar-refractivity contribution >= 4 is 9.84 Å². The lowest BCUT2D eigenvalue weighted by molar-refractivity contribution is 0.594. The number of hydrogen-bond donors (Lipinski definition) is 0. The lowest BCUT2D eigenvalue weighted by Gasteiger charge is -2.10. The first-order chi connectivity index (χ1) is 8.12. The van der Waals surface area contributed by atoms with Crippen LogP contribution in [0.4, 0.5) is 0 Å². The maximum atomic E-state index is 12.3. The molecule has 0 aromatic heterocycles. The summed E-state index contributed by atoms with van der Waals surface area (Å²) in [7, 11) is -3.31. The summed E-state index contributed by atoms with van der Waals surface area (Å²) in [5, 5.41) is -0.574. The fourth-order valence-corrected chi connectivity index (χ4v) is 3.03. The first-order valence-electron chi connectivity index (χ1n) is 5.71. The molecule has 0 aliphatic heterocycles. The van der Waals surface area contributed by atoms with Gasteiger partial charge in [-0.1, -0.05) is 49.4 Å². The van der Waals surface area contributed by atoms with Crippen molar-refractivity contribution in [3.63, 3.8) is 0 Å². The van der Waals surface area contributed by atoms with Gasteiger partial charge in [-0.3, -0.25) is 0 Å². The molecule has 0 aliphatic rings. The summed E-state index contributed by atoms with van der Waals surface area (Å²) in [5.74, 6) is 0. The fraction of sp³-hybridized carbons (Fsp3) is 0.286. The second-order valence-corrected chi connectivity index (χ2v) is 5.79. The van der Waals surface area contributed by atoms with E-state index in [1.165, 1.54) is 0 Å². The third-order valence-corrected chi connectivity index (χ3v) is 4.33. The summed E-state index contributed by atoms with van der Waals surface area (Å²) < 4.78 is 24.7. The lowest BCUT2D eigenvalue weighted by atomic mass is 10.3. The number of allylic oxidation sites excluding steroid dienone is 2. The van der Waals surface area contributed by atoms with Crippen LogP contribution in [0, 0.1) is 0 Å². The van der Waals surface area contributed by atoms with E-state index in [-0.39, 0.29) is 0 Å². The number of hydrogen-bond acceptors (Lipinski definition) is 2. The van der Waals surface area contributed by atoms with Gasteiger partial charge in [0.15, 0.2) is 9.84 Å². The van der Waals surface area contributed by atoms with Gasteiger partial charge in [-0.15, -0.1) is 0 Å². The molecule has 0 N–H and O–H groups in total. The average molecular weight is 250 g/mol. The van der Waals surface area contributed by atoms with Gasteiger partial charge in [0.05, 0.1) is 4.90 Å². The molecular weight excluding hydrogens is 232 g/mol. The predicted octanol–water partition coefficient (Wildman–Crippen LogP) is 3.37. The Balaban J connectivity index is 3.14. The van der Waals surface area contributed by atoms with Crippen molar-refractivity contribution < 1.29 is 8.42 Å². The fourth-order valence-electron chi connectivity index (χ4n) is 1.50. The molecule has 0 heterocycles. The van der Waals surface area contributed by atoms with E-state index in [0.29, 0.717) is 4.90 Å². The number of sulfone groups is 1. The Labute approximate surface area is 104 Å². The molecule has 0 radical (unpaired) electrons. The normalized spacial score (nSPS) is 14.5. The van der Waals surface area contributed by atoms with E-state index < -0.39 is 15.1 Å². The van der Waals surface area contributed by atoms with Gasteiger partial charge in [0, 0.05) is 0 Å². The van der Waals surface area contributed by atoms with Crippen molar-refractivity contribution in [1.29, 1.82) is 0 Å². The van der Waals surface area contributed by atoms with Crippen molar-refractivity contribution in [1.82, 2.24) is 0 Å². The van der Waals surface area contributed by atoms with E-state index in [4.69, 9.17) is 0 Å². The van der Waals surface area contributed by atoms with Crippen molar-refractivity contribution in [3.8, 4) is 0 Å². The highest BCUT2D eigenvalue weighted by atomic mass is 32.2. The predicted molar refractivity (Wildman–Crippen MR) is 71.7 cm³/mol. The third kappa shape index (κ3) is 3.56. The van der Waals surface area contributed by atoms with Gasteiger partial charge in [-0.05, 0) is 25.5 Å². The van der Waals surface area contributed by atoms with Gasteiger partial charge in [-0.2, -0.15) is 0 Å². The zero-order chi connectivity index (χ0) is 12.7. The van der Waals surface area contributed by atoms with Gasteiger partial charge >= 0.3 is 0 Å². The Morgan fingerprint density at radius 1 is 1.18 bits per heavy atom. The molecule has 2 nitrogen and oxygen atoms in total. The summed E-state index contributed by atoms with van der Waals surface area (Å²) in [6, 6.07) is 8.55. The highest BCUT2D eigenvalue weighted by molar-refractivity contribution is 7.92. The maximum Gasteiger partial charge on any atom is 0.188 e. The summed E-state index contributed by atoms with van der Waals surface area (Å²) in [6.45, 7) is 3.81. The van der Waals surface area contributed by atoms with Crippen LogP contribution in [0.15, 0.2) is 59.5 Å². The van der Waals surface area contributed by atoms with Crippen LogP contribution in [0.1, 0.15) is 20.3 Å². The molecule has 0 amide bonds. The second kappa shape index (κ2) is 6.40. The molecule has 92 valence electrons. The van der Waals surface area contributed by atoms with Crippen LogP contribution in [-0.2, 0) is 9.84 Å². The molecule has 0 spiro atoms. The van der Waals surface area contributed by atoms with Crippen molar-refractivity contribution in [2.75, 3.05) is 0 Å². The van der Waals surface area contributed by atoms with E-state index in [2.05, 4.69) is 0 Å². The number of rotatable bonds is 5. The second-order valence-electron chi connectivity index (χ2n) is 3.68. The van der Waals surface area contributed by atoms with E-state index >= 15 is 0 Å². The van der Waals surface area contributed by atoms with Gasteiger partial charge in [0.2, 0.25) is 0 Å². The topological polar surface area (TPSA) is 34.1 Å². The van der Waals surface area contributed by atoms with Crippen LogP contribution in [0.2, 0.25) is 0 Å². The van der Waals surface area contributed by atoms with E-state index in [9.17, 15) is 8.42 Å². The summed E-state index contributed by atoms with van der Waals surface area (Å²) >= 11 is 0. The van der Waals surface area contributed by atoms with Crippen LogP contribution in [-0.4, -0.2) is 13.7 Å². The standard InChI is InChI=1S/C14H18O2S/c1-3-5-10-13(9-4-2)17(15,16)14-11-7-6-8-12-14/h4-13H,3H2,1-2H3. The summed E-state index contributed by atoms with van der Waals surface area (Å²) in [6.07, 6.45) is 7.92. The molecule has 3 heteroatoms. The summed E-state index contributed by atoms with van der Waals surface area (Å²) in [5.41, 5.74) is 0. The molecular formula is C14H18O2S. The molecule has 0 saturated carbocycles. The van der Waals surface area contributed by atoms with E-state index in [1.807, 2.05) is 26.0 Å². The zero-order valence-corrected chi connectivity index (χ0v) is 11.0. The first kappa shape index (κ1) is 13.7. The largest absolute Gasteiger partial charge is 0.223 e. The molecule has 0 aliphatic carbocycles. The van der Waals surface area contributed by atoms with Gasteiger partial charge in [0.1, 0.15) is 5.25 Å². The third-order valence-electron chi connectivity index (χ3n) is 2.37. The van der Waals surface area contributed by atoms with Crippen LogP contribution < -0.4 is 0 Å². The van der Waals surface area contributed by atoms with Crippen molar-refractivity contribution in [2.24, 2.45) is 0 Å². The van der Waals surface area contributed by atoms with E-state index in [0.717, 1.165) is 6.42 Å². The van der Waals surface area contributed by atoms with Gasteiger partial charge in [-0.25, -0.2) is 8.42 Å². The molecule has 1 aromatic rings. The van der Waals surface area contributed by atoms with Crippen LogP contribution >= 0.6 is 0 Å². The molecule has 17 heavy (non-hydrogen) atoms. The van der Waals surface area contributed by atoms with Crippen molar-refractivity contribution in [2.45, 2.75) is 30.4 Å². The van der Waals surface area contributed by atoms with Crippen LogP contribution in [0.3, 0.4) is 0 Å². The molecule has 1 unspecified atom stereocenters. The Morgan fingerprint density at radius 3 is 2.35 bits per heavy atom. The monoisotopic (exact) mass is 250 g/mol. The Kier molecular flexibility index (Phi) is 5.16. The highest BCUT2D eigenvalue weighted by Crippen LogP contribution is 2.18. The average Bonchev–Trinajstić information content (AvgIpc) is 2.35. The zero-order valence-electron chi connectivity index (χ0n) is 10.2. The molecule has 1 atom stereocenters. The smallest absolute Gasteiger partial charge is 0.188 e. The first-order valence-corrected chi connectivity index (χ1v) is 7.26. The Morgan fingerprint density at radius 2 is 1.82 bits per heavy atom. The van der Waals surface area contributed by atoms with Crippen LogP contribution in [0.5, 0.6) is 0 Å². The molecule has 1 rings (SSSR count). The van der Waals surface area contributed by atoms with Gasteiger partial charge in [0.25, 0.3) is 0 Å². The van der Waals surface area contributed by atoms with Crippen molar-refractivity contribution in [3.05, 3.63) is 54.6 Å². The number of benzene rings is 1. The Bertz CT molecular complexity index is 484. The Hall–Kier alpha value is -1.35. The van der Waals surface area contributed by atoms with Crippen LogP contribution in [0.25, 0.3) is 0 Å². The summed E-state index contributed by atoms with van der Waals surface area (Å²) in [4.78, 5) is 0.365. The minimum atomic E-state index is -3.31. The van der Waals surface area contributed by atoms with Gasteiger partial charge < -0.3 is 0 Å². The lowest BCUT2D eigenvalue weighted by Crippen LogP contribution is -2.16. The molecule has 0 saturated heterocycles. The minimum absolute atomic E-state index is 0.365. The SMILES string of the molecule is CC=CC(C=CCC)S(=O)(=O)c1ccccc1. The molecule has 0 bridgehead atoms. The molecule has 1 aromatic carbocycles. The molecule has 0 fully saturated rings. The minimum Gasteiger partial charge on any atom is -0.223 e.